The maximum atomic E-state index is 12.4. The predicted octanol–water partition coefficient (Wildman–Crippen LogP) is 0.954. The highest BCUT2D eigenvalue weighted by Crippen LogP contribution is 2.31. The minimum Gasteiger partial charge on any atom is -0.469 e. The molecule has 2 heterocycles. The van der Waals surface area contributed by atoms with Crippen LogP contribution in [0.3, 0.4) is 0 Å². The van der Waals surface area contributed by atoms with Gasteiger partial charge < -0.3 is 4.74 Å². The van der Waals surface area contributed by atoms with Crippen molar-refractivity contribution in [2.75, 3.05) is 18.6 Å². The summed E-state index contributed by atoms with van der Waals surface area (Å²) < 4.78 is 41.7. The second-order valence-electron chi connectivity index (χ2n) is 4.07. The van der Waals surface area contributed by atoms with E-state index in [1.54, 1.807) is 0 Å². The Hall–Kier alpha value is -2.06. The third-order valence-corrected chi connectivity index (χ3v) is 2.81. The molecular weight excluding hydrogens is 267 g/mol. The molecule has 1 aliphatic rings. The number of amides is 1. The van der Waals surface area contributed by atoms with E-state index in [-0.39, 0.29) is 18.8 Å². The van der Waals surface area contributed by atoms with Gasteiger partial charge in [-0.25, -0.2) is 0 Å². The number of aromatic amines is 1. The molecule has 1 aliphatic heterocycles. The zero-order valence-electron chi connectivity index (χ0n) is 9.82. The van der Waals surface area contributed by atoms with Crippen LogP contribution in [0.4, 0.5) is 19.0 Å². The highest BCUT2D eigenvalue weighted by atomic mass is 19.4. The maximum Gasteiger partial charge on any atom is 0.432 e. The van der Waals surface area contributed by atoms with Gasteiger partial charge in [0, 0.05) is 19.0 Å². The summed E-state index contributed by atoms with van der Waals surface area (Å²) in [6.07, 6.45) is -4.66. The molecule has 1 atom stereocenters. The van der Waals surface area contributed by atoms with Crippen LogP contribution in [-0.2, 0) is 20.5 Å². The minimum absolute atomic E-state index is 0.0341. The Morgan fingerprint density at radius 3 is 2.79 bits per heavy atom. The fraction of sp³-hybridized carbons (Fsp3) is 0.500. The second-order valence-corrected chi connectivity index (χ2v) is 4.07. The smallest absolute Gasteiger partial charge is 0.432 e. The zero-order valence-corrected chi connectivity index (χ0v) is 9.82. The van der Waals surface area contributed by atoms with Crippen molar-refractivity contribution in [2.45, 2.75) is 12.6 Å². The van der Waals surface area contributed by atoms with E-state index in [2.05, 4.69) is 9.84 Å². The average Bonchev–Trinajstić information content (AvgIpc) is 2.93. The first-order valence-corrected chi connectivity index (χ1v) is 5.33. The van der Waals surface area contributed by atoms with Gasteiger partial charge in [0.2, 0.25) is 5.91 Å². The van der Waals surface area contributed by atoms with Crippen molar-refractivity contribution in [3.63, 3.8) is 0 Å². The fourth-order valence-electron chi connectivity index (χ4n) is 1.85. The number of anilines is 1. The standard InChI is InChI=1S/C10H10F3N3O3/c1-19-9(18)5-2-8(17)16(4-5)7-3-6(14-15-7)10(11,12)13/h3,5H,2,4H2,1H3,(H,14,15). The summed E-state index contributed by atoms with van der Waals surface area (Å²) in [6, 6.07) is 0.734. The van der Waals surface area contributed by atoms with Gasteiger partial charge >= 0.3 is 12.1 Å². The van der Waals surface area contributed by atoms with Gasteiger partial charge in [0.05, 0.1) is 13.0 Å². The molecule has 6 nitrogen and oxygen atoms in total. The lowest BCUT2D eigenvalue weighted by Gasteiger charge is -2.12. The summed E-state index contributed by atoms with van der Waals surface area (Å²) in [5.74, 6) is -1.86. The summed E-state index contributed by atoms with van der Waals surface area (Å²) in [4.78, 5) is 24.0. The Bertz CT molecular complexity index is 512. The van der Waals surface area contributed by atoms with E-state index in [0.717, 1.165) is 11.0 Å². The summed E-state index contributed by atoms with van der Waals surface area (Å²) in [7, 11) is 1.19. The van der Waals surface area contributed by atoms with E-state index in [0.29, 0.717) is 0 Å². The van der Waals surface area contributed by atoms with Crippen molar-refractivity contribution >= 4 is 17.7 Å². The molecule has 1 unspecified atom stereocenters. The van der Waals surface area contributed by atoms with Gasteiger partial charge in [0.1, 0.15) is 5.69 Å². The molecule has 104 valence electrons. The van der Waals surface area contributed by atoms with Crippen LogP contribution in [-0.4, -0.2) is 35.7 Å². The molecule has 0 bridgehead atoms. The van der Waals surface area contributed by atoms with Gasteiger partial charge in [-0.1, -0.05) is 0 Å². The van der Waals surface area contributed by atoms with Gasteiger partial charge in [0.15, 0.2) is 5.82 Å². The highest BCUT2D eigenvalue weighted by molar-refractivity contribution is 5.98. The molecule has 1 fully saturated rings. The van der Waals surface area contributed by atoms with Gasteiger partial charge in [-0.2, -0.15) is 18.3 Å². The number of carbonyl (C=O) groups is 2. The lowest BCUT2D eigenvalue weighted by Crippen LogP contribution is -2.26. The molecule has 9 heteroatoms. The van der Waals surface area contributed by atoms with Crippen LogP contribution < -0.4 is 4.90 Å². The van der Waals surface area contributed by atoms with E-state index < -0.39 is 29.7 Å². The molecule has 1 aromatic heterocycles. The number of ether oxygens (including phenoxy) is 1. The Kier molecular flexibility index (Phi) is 3.21. The molecule has 0 aromatic carbocycles. The SMILES string of the molecule is COC(=O)C1CC(=O)N(c2cc(C(F)(F)F)[nH]n2)C1. The minimum atomic E-state index is -4.56. The number of aromatic nitrogens is 2. The number of nitrogens with zero attached hydrogens (tertiary/aromatic N) is 2. The zero-order chi connectivity index (χ0) is 14.2. The fourth-order valence-corrected chi connectivity index (χ4v) is 1.85. The van der Waals surface area contributed by atoms with E-state index in [1.165, 1.54) is 7.11 Å². The van der Waals surface area contributed by atoms with Crippen molar-refractivity contribution in [2.24, 2.45) is 5.92 Å². The van der Waals surface area contributed by atoms with Crippen molar-refractivity contribution in [1.82, 2.24) is 10.2 Å². The van der Waals surface area contributed by atoms with Gasteiger partial charge in [-0.05, 0) is 0 Å². The number of methoxy groups -OCH3 is 1. The summed E-state index contributed by atoms with van der Waals surface area (Å²) in [5.41, 5.74) is -1.04. The lowest BCUT2D eigenvalue weighted by molar-refractivity contribution is -0.145. The molecule has 0 radical (unpaired) electrons. The molecule has 1 saturated heterocycles. The van der Waals surface area contributed by atoms with Crippen molar-refractivity contribution in [3.8, 4) is 0 Å². The van der Waals surface area contributed by atoms with E-state index in [9.17, 15) is 22.8 Å². The first kappa shape index (κ1) is 13.4. The molecular formula is C10H10F3N3O3. The largest absolute Gasteiger partial charge is 0.469 e. The molecule has 1 amide bonds. The lowest BCUT2D eigenvalue weighted by atomic mass is 10.1. The number of alkyl halides is 3. The van der Waals surface area contributed by atoms with Gasteiger partial charge in [0.25, 0.3) is 0 Å². The van der Waals surface area contributed by atoms with E-state index >= 15 is 0 Å². The van der Waals surface area contributed by atoms with Crippen LogP contribution in [0.1, 0.15) is 12.1 Å². The van der Waals surface area contributed by atoms with Crippen molar-refractivity contribution in [1.29, 1.82) is 0 Å². The van der Waals surface area contributed by atoms with Crippen LogP contribution in [0.15, 0.2) is 6.07 Å². The Balaban J connectivity index is 2.17. The Morgan fingerprint density at radius 2 is 2.26 bits per heavy atom. The van der Waals surface area contributed by atoms with Gasteiger partial charge in [-0.3, -0.25) is 19.6 Å². The molecule has 0 spiro atoms. The quantitative estimate of drug-likeness (QED) is 0.817. The Morgan fingerprint density at radius 1 is 1.58 bits per heavy atom. The first-order chi connectivity index (χ1) is 8.82. The van der Waals surface area contributed by atoms with E-state index in [1.807, 2.05) is 5.10 Å². The van der Waals surface area contributed by atoms with Crippen LogP contribution in [0.5, 0.6) is 0 Å². The monoisotopic (exact) mass is 277 g/mol. The first-order valence-electron chi connectivity index (χ1n) is 5.33. The van der Waals surface area contributed by atoms with E-state index in [4.69, 9.17) is 0 Å². The number of nitrogens with one attached hydrogen (secondary N) is 1. The number of halogens is 3. The summed E-state index contributed by atoms with van der Waals surface area (Å²) >= 11 is 0. The van der Waals surface area contributed by atoms with Gasteiger partial charge in [-0.15, -0.1) is 0 Å². The van der Waals surface area contributed by atoms with Crippen LogP contribution in [0, 0.1) is 5.92 Å². The summed E-state index contributed by atoms with van der Waals surface area (Å²) in [5, 5.41) is 5.26. The van der Waals surface area contributed by atoms with Crippen molar-refractivity contribution in [3.05, 3.63) is 11.8 Å². The molecule has 19 heavy (non-hydrogen) atoms. The number of hydrogen-bond donors (Lipinski definition) is 1. The predicted molar refractivity (Wildman–Crippen MR) is 56.1 cm³/mol. The van der Waals surface area contributed by atoms with Crippen molar-refractivity contribution < 1.29 is 27.5 Å². The molecule has 1 aromatic rings. The highest BCUT2D eigenvalue weighted by Gasteiger charge is 2.39. The number of carbonyl (C=O) groups excluding carboxylic acids is 2. The average molecular weight is 277 g/mol. The number of esters is 1. The Labute approximate surface area is 105 Å². The molecule has 2 rings (SSSR count). The van der Waals surface area contributed by atoms with Crippen LogP contribution >= 0.6 is 0 Å². The van der Waals surface area contributed by atoms with Crippen LogP contribution in [0.2, 0.25) is 0 Å². The summed E-state index contributed by atoms with van der Waals surface area (Å²) in [6.45, 7) is -0.0341. The molecule has 0 saturated carbocycles. The third kappa shape index (κ3) is 2.54. The second kappa shape index (κ2) is 4.56. The number of H-pyrrole nitrogens is 1. The van der Waals surface area contributed by atoms with Crippen LogP contribution in [0.25, 0.3) is 0 Å². The normalized spacial score (nSPS) is 19.9. The third-order valence-electron chi connectivity index (χ3n) is 2.81. The number of hydrogen-bond acceptors (Lipinski definition) is 4. The molecule has 1 N–H and O–H groups in total. The number of rotatable bonds is 2. The maximum absolute atomic E-state index is 12.4. The molecule has 0 aliphatic carbocycles. The topological polar surface area (TPSA) is 75.3 Å².